The molecule has 1 atom stereocenters. The lowest BCUT2D eigenvalue weighted by Gasteiger charge is -2.12. The zero-order chi connectivity index (χ0) is 11.5. The molecule has 84 valence electrons. The van der Waals surface area contributed by atoms with Crippen LogP contribution in [0.4, 0.5) is 5.95 Å². The average molecular weight is 218 g/mol. The summed E-state index contributed by atoms with van der Waals surface area (Å²) in [6, 6.07) is 0.0233. The van der Waals surface area contributed by atoms with Gasteiger partial charge in [0.25, 0.3) is 0 Å². The summed E-state index contributed by atoms with van der Waals surface area (Å²) in [4.78, 5) is 8.36. The van der Waals surface area contributed by atoms with Crippen LogP contribution in [0.2, 0.25) is 0 Å². The molecule has 2 rings (SSSR count). The number of hydrogen-bond donors (Lipinski definition) is 1. The second-order valence-electron chi connectivity index (χ2n) is 3.75. The lowest BCUT2D eigenvalue weighted by molar-refractivity contribution is 0.712. The first kappa shape index (κ1) is 10.5. The summed E-state index contributed by atoms with van der Waals surface area (Å²) in [5, 5.41) is 11.0. The van der Waals surface area contributed by atoms with E-state index in [2.05, 4.69) is 25.5 Å². The molecular weight excluding hydrogens is 204 g/mol. The van der Waals surface area contributed by atoms with Crippen molar-refractivity contribution in [1.29, 1.82) is 0 Å². The average Bonchev–Trinajstić information content (AvgIpc) is 2.68. The van der Waals surface area contributed by atoms with E-state index in [4.69, 9.17) is 0 Å². The Hall–Kier alpha value is -1.98. The molecule has 0 fully saturated rings. The number of rotatable bonds is 3. The van der Waals surface area contributed by atoms with E-state index in [1.807, 2.05) is 25.5 Å². The van der Waals surface area contributed by atoms with Gasteiger partial charge < -0.3 is 9.88 Å². The van der Waals surface area contributed by atoms with E-state index in [9.17, 15) is 0 Å². The minimum absolute atomic E-state index is 0.0233. The maximum Gasteiger partial charge on any atom is 0.223 e. The van der Waals surface area contributed by atoms with Gasteiger partial charge in [-0.15, -0.1) is 10.2 Å². The van der Waals surface area contributed by atoms with Gasteiger partial charge in [0.05, 0.1) is 6.04 Å². The standard InChI is InChI=1S/C10H14N6/c1-7-4-11-10(12-5-7)14-8(2)9-15-13-6-16(9)3/h4-6,8H,1-3H3,(H,11,12,14). The van der Waals surface area contributed by atoms with Crippen LogP contribution >= 0.6 is 0 Å². The Balaban J connectivity index is 2.10. The van der Waals surface area contributed by atoms with Crippen molar-refractivity contribution < 1.29 is 0 Å². The lowest BCUT2D eigenvalue weighted by Crippen LogP contribution is -2.13. The molecule has 0 aliphatic heterocycles. The van der Waals surface area contributed by atoms with Gasteiger partial charge in [-0.05, 0) is 19.4 Å². The van der Waals surface area contributed by atoms with Gasteiger partial charge >= 0.3 is 0 Å². The topological polar surface area (TPSA) is 68.5 Å². The summed E-state index contributed by atoms with van der Waals surface area (Å²) in [7, 11) is 1.91. The van der Waals surface area contributed by atoms with Crippen LogP contribution < -0.4 is 5.32 Å². The molecule has 1 N–H and O–H groups in total. The molecule has 2 aromatic rings. The zero-order valence-corrected chi connectivity index (χ0v) is 9.55. The SMILES string of the molecule is Cc1cnc(NC(C)c2nncn2C)nc1. The van der Waals surface area contributed by atoms with Crippen LogP contribution in [0.25, 0.3) is 0 Å². The van der Waals surface area contributed by atoms with Crippen molar-refractivity contribution in [2.75, 3.05) is 5.32 Å². The first-order valence-corrected chi connectivity index (χ1v) is 5.06. The van der Waals surface area contributed by atoms with Crippen molar-refractivity contribution in [2.24, 2.45) is 7.05 Å². The van der Waals surface area contributed by atoms with E-state index in [0.717, 1.165) is 11.4 Å². The highest BCUT2D eigenvalue weighted by atomic mass is 15.3. The van der Waals surface area contributed by atoms with Gasteiger partial charge in [0.15, 0.2) is 5.82 Å². The van der Waals surface area contributed by atoms with Crippen LogP contribution in [-0.2, 0) is 7.05 Å². The fraction of sp³-hybridized carbons (Fsp3) is 0.400. The zero-order valence-electron chi connectivity index (χ0n) is 9.55. The first-order valence-electron chi connectivity index (χ1n) is 5.06. The molecule has 6 heteroatoms. The molecule has 0 aliphatic carbocycles. The largest absolute Gasteiger partial charge is 0.344 e. The highest BCUT2D eigenvalue weighted by molar-refractivity contribution is 5.27. The summed E-state index contributed by atoms with van der Waals surface area (Å²) in [5.41, 5.74) is 1.04. The summed E-state index contributed by atoms with van der Waals surface area (Å²) in [6.45, 7) is 3.95. The normalized spacial score (nSPS) is 12.4. The molecule has 0 aliphatic rings. The fourth-order valence-electron chi connectivity index (χ4n) is 1.41. The van der Waals surface area contributed by atoms with Crippen molar-refractivity contribution in [2.45, 2.75) is 19.9 Å². The quantitative estimate of drug-likeness (QED) is 0.835. The summed E-state index contributed by atoms with van der Waals surface area (Å²) in [6.07, 6.45) is 5.22. The van der Waals surface area contributed by atoms with Gasteiger partial charge in [-0.1, -0.05) is 0 Å². The van der Waals surface area contributed by atoms with Gasteiger partial charge in [-0.3, -0.25) is 0 Å². The van der Waals surface area contributed by atoms with E-state index < -0.39 is 0 Å². The number of aryl methyl sites for hydroxylation is 2. The maximum atomic E-state index is 4.18. The van der Waals surface area contributed by atoms with Crippen LogP contribution in [-0.4, -0.2) is 24.7 Å². The van der Waals surface area contributed by atoms with Crippen molar-refractivity contribution >= 4 is 5.95 Å². The molecule has 1 unspecified atom stereocenters. The third-order valence-electron chi connectivity index (χ3n) is 2.26. The highest BCUT2D eigenvalue weighted by Gasteiger charge is 2.11. The molecule has 0 amide bonds. The Kier molecular flexibility index (Phi) is 2.80. The highest BCUT2D eigenvalue weighted by Crippen LogP contribution is 2.12. The van der Waals surface area contributed by atoms with E-state index in [1.165, 1.54) is 0 Å². The number of nitrogens with zero attached hydrogens (tertiary/aromatic N) is 5. The Labute approximate surface area is 93.8 Å². The van der Waals surface area contributed by atoms with Gasteiger partial charge in [0, 0.05) is 19.4 Å². The van der Waals surface area contributed by atoms with Crippen molar-refractivity contribution in [3.05, 3.63) is 30.1 Å². The Morgan fingerprint density at radius 2 is 2.00 bits per heavy atom. The predicted octanol–water partition coefficient (Wildman–Crippen LogP) is 1.09. The Morgan fingerprint density at radius 1 is 1.31 bits per heavy atom. The number of hydrogen-bond acceptors (Lipinski definition) is 5. The van der Waals surface area contributed by atoms with Crippen molar-refractivity contribution in [1.82, 2.24) is 24.7 Å². The van der Waals surface area contributed by atoms with Crippen LogP contribution in [0.5, 0.6) is 0 Å². The molecule has 0 radical (unpaired) electrons. The number of nitrogens with one attached hydrogen (secondary N) is 1. The molecule has 0 aromatic carbocycles. The van der Waals surface area contributed by atoms with Crippen LogP contribution in [0.3, 0.4) is 0 Å². The van der Waals surface area contributed by atoms with Gasteiger partial charge in [0.2, 0.25) is 5.95 Å². The molecule has 2 heterocycles. The Morgan fingerprint density at radius 3 is 2.56 bits per heavy atom. The fourth-order valence-corrected chi connectivity index (χ4v) is 1.41. The first-order chi connectivity index (χ1) is 7.66. The monoisotopic (exact) mass is 218 g/mol. The molecule has 16 heavy (non-hydrogen) atoms. The summed E-state index contributed by atoms with van der Waals surface area (Å²) >= 11 is 0. The second kappa shape index (κ2) is 4.26. The van der Waals surface area contributed by atoms with Crippen molar-refractivity contribution in [3.8, 4) is 0 Å². The van der Waals surface area contributed by atoms with Crippen LogP contribution in [0.1, 0.15) is 24.4 Å². The molecule has 0 spiro atoms. The third kappa shape index (κ3) is 2.16. The van der Waals surface area contributed by atoms with Gasteiger partial charge in [-0.2, -0.15) is 0 Å². The van der Waals surface area contributed by atoms with E-state index in [0.29, 0.717) is 5.95 Å². The predicted molar refractivity (Wildman–Crippen MR) is 59.8 cm³/mol. The molecule has 0 saturated heterocycles. The van der Waals surface area contributed by atoms with Gasteiger partial charge in [0.1, 0.15) is 6.33 Å². The Bertz CT molecular complexity index is 460. The summed E-state index contributed by atoms with van der Waals surface area (Å²) < 4.78 is 1.87. The van der Waals surface area contributed by atoms with Crippen LogP contribution in [0.15, 0.2) is 18.7 Å². The van der Waals surface area contributed by atoms with Gasteiger partial charge in [-0.25, -0.2) is 9.97 Å². The number of anilines is 1. The molecular formula is C10H14N6. The van der Waals surface area contributed by atoms with Crippen LogP contribution in [0, 0.1) is 6.92 Å². The minimum atomic E-state index is 0.0233. The summed E-state index contributed by atoms with van der Waals surface area (Å²) in [5.74, 6) is 1.45. The molecule has 6 nitrogen and oxygen atoms in total. The second-order valence-corrected chi connectivity index (χ2v) is 3.75. The lowest BCUT2D eigenvalue weighted by atomic mass is 10.3. The van der Waals surface area contributed by atoms with E-state index in [-0.39, 0.29) is 6.04 Å². The van der Waals surface area contributed by atoms with E-state index in [1.54, 1.807) is 18.7 Å². The molecule has 2 aromatic heterocycles. The molecule has 0 bridgehead atoms. The maximum absolute atomic E-state index is 4.18. The minimum Gasteiger partial charge on any atom is -0.344 e. The molecule has 0 saturated carbocycles. The number of aromatic nitrogens is 5. The third-order valence-corrected chi connectivity index (χ3v) is 2.26. The van der Waals surface area contributed by atoms with E-state index >= 15 is 0 Å². The smallest absolute Gasteiger partial charge is 0.223 e. The van der Waals surface area contributed by atoms with Crippen molar-refractivity contribution in [3.63, 3.8) is 0 Å².